The van der Waals surface area contributed by atoms with Gasteiger partial charge in [-0.15, -0.1) is 0 Å². The average Bonchev–Trinajstić information content (AvgIpc) is 2.57. The highest BCUT2D eigenvalue weighted by Crippen LogP contribution is 2.29. The van der Waals surface area contributed by atoms with Crippen LogP contribution in [-0.2, 0) is 6.54 Å². The van der Waals surface area contributed by atoms with Gasteiger partial charge in [0.05, 0.1) is 5.02 Å². The fraction of sp³-hybridized carbons (Fsp3) is 0.118. The number of hydrogen-bond donors (Lipinski definition) is 1. The zero-order valence-electron chi connectivity index (χ0n) is 12.9. The predicted octanol–water partition coefficient (Wildman–Crippen LogP) is 4.06. The number of benzene rings is 2. The number of anilines is 2. The largest absolute Gasteiger partial charge is 0.368 e. The van der Waals surface area contributed by atoms with Crippen molar-refractivity contribution in [1.82, 2.24) is 15.0 Å². The Balaban J connectivity index is 1.95. The molecule has 0 bridgehead atoms. The average molecular weight is 360 g/mol. The van der Waals surface area contributed by atoms with E-state index < -0.39 is 0 Å². The highest BCUT2D eigenvalue weighted by molar-refractivity contribution is 6.35. The van der Waals surface area contributed by atoms with E-state index in [-0.39, 0.29) is 5.95 Å². The van der Waals surface area contributed by atoms with E-state index in [2.05, 4.69) is 15.0 Å². The van der Waals surface area contributed by atoms with Crippen molar-refractivity contribution in [3.8, 4) is 11.4 Å². The Bertz CT molecular complexity index is 855. The fourth-order valence-corrected chi connectivity index (χ4v) is 2.64. The van der Waals surface area contributed by atoms with Crippen molar-refractivity contribution in [1.29, 1.82) is 0 Å². The highest BCUT2D eigenvalue weighted by atomic mass is 35.5. The van der Waals surface area contributed by atoms with Gasteiger partial charge in [-0.05, 0) is 23.8 Å². The second-order valence-corrected chi connectivity index (χ2v) is 6.13. The molecule has 0 aliphatic rings. The third-order valence-electron chi connectivity index (χ3n) is 3.41. The van der Waals surface area contributed by atoms with E-state index in [0.717, 1.165) is 5.56 Å². The molecular formula is C17H15Cl2N5. The van der Waals surface area contributed by atoms with Crippen LogP contribution in [0, 0.1) is 0 Å². The molecule has 3 aromatic rings. The van der Waals surface area contributed by atoms with Crippen LogP contribution in [0.1, 0.15) is 5.56 Å². The van der Waals surface area contributed by atoms with Crippen molar-refractivity contribution in [2.75, 3.05) is 17.7 Å². The molecule has 0 aliphatic carbocycles. The van der Waals surface area contributed by atoms with E-state index in [0.29, 0.717) is 33.9 Å². The Morgan fingerprint density at radius 3 is 2.50 bits per heavy atom. The number of halogens is 2. The molecule has 2 N–H and O–H groups in total. The molecule has 3 rings (SSSR count). The monoisotopic (exact) mass is 359 g/mol. The van der Waals surface area contributed by atoms with Crippen LogP contribution >= 0.6 is 23.2 Å². The smallest absolute Gasteiger partial charge is 0.230 e. The maximum Gasteiger partial charge on any atom is 0.230 e. The minimum Gasteiger partial charge on any atom is -0.368 e. The topological polar surface area (TPSA) is 67.9 Å². The summed E-state index contributed by atoms with van der Waals surface area (Å²) in [5.41, 5.74) is 7.61. The molecule has 0 fully saturated rings. The third kappa shape index (κ3) is 3.75. The van der Waals surface area contributed by atoms with Gasteiger partial charge in [0.15, 0.2) is 5.82 Å². The van der Waals surface area contributed by atoms with Gasteiger partial charge in [-0.3, -0.25) is 0 Å². The number of aromatic nitrogens is 3. The Kier molecular flexibility index (Phi) is 4.83. The molecule has 2 aromatic carbocycles. The lowest BCUT2D eigenvalue weighted by Gasteiger charge is -2.18. The Hall–Kier alpha value is -2.37. The van der Waals surface area contributed by atoms with Crippen molar-refractivity contribution in [2.45, 2.75) is 6.54 Å². The zero-order chi connectivity index (χ0) is 17.1. The maximum atomic E-state index is 6.23. The predicted molar refractivity (Wildman–Crippen MR) is 98.2 cm³/mol. The van der Waals surface area contributed by atoms with Crippen molar-refractivity contribution >= 4 is 35.1 Å². The summed E-state index contributed by atoms with van der Waals surface area (Å²) >= 11 is 12.3. The first-order chi connectivity index (χ1) is 11.5. The summed E-state index contributed by atoms with van der Waals surface area (Å²) in [7, 11) is 1.89. The summed E-state index contributed by atoms with van der Waals surface area (Å²) in [4.78, 5) is 14.8. The molecule has 0 unspecified atom stereocenters. The van der Waals surface area contributed by atoms with Gasteiger partial charge in [0.2, 0.25) is 11.9 Å². The summed E-state index contributed by atoms with van der Waals surface area (Å²) in [6.45, 7) is 0.646. The Morgan fingerprint density at radius 1 is 1.00 bits per heavy atom. The molecule has 122 valence electrons. The third-order valence-corrected chi connectivity index (χ3v) is 3.98. The first-order valence-corrected chi connectivity index (χ1v) is 8.00. The maximum absolute atomic E-state index is 6.23. The first-order valence-electron chi connectivity index (χ1n) is 7.25. The van der Waals surface area contributed by atoms with E-state index in [4.69, 9.17) is 28.9 Å². The SMILES string of the molecule is CN(Cc1ccccc1)c1nc(N)nc(-c2cc(Cl)ccc2Cl)n1. The molecule has 7 heteroatoms. The van der Waals surface area contributed by atoms with Crippen molar-refractivity contribution in [2.24, 2.45) is 0 Å². The number of nitrogens with two attached hydrogens (primary N) is 1. The lowest BCUT2D eigenvalue weighted by atomic mass is 10.2. The van der Waals surface area contributed by atoms with Crippen molar-refractivity contribution in [3.05, 3.63) is 64.1 Å². The molecule has 5 nitrogen and oxygen atoms in total. The summed E-state index contributed by atoms with van der Waals surface area (Å²) in [6.07, 6.45) is 0. The van der Waals surface area contributed by atoms with Gasteiger partial charge in [-0.2, -0.15) is 15.0 Å². The van der Waals surface area contributed by atoms with E-state index in [1.807, 2.05) is 42.3 Å². The number of nitrogens with zero attached hydrogens (tertiary/aromatic N) is 4. The van der Waals surface area contributed by atoms with E-state index in [9.17, 15) is 0 Å². The number of rotatable bonds is 4. The van der Waals surface area contributed by atoms with Crippen molar-refractivity contribution in [3.63, 3.8) is 0 Å². The van der Waals surface area contributed by atoms with Gasteiger partial charge >= 0.3 is 0 Å². The van der Waals surface area contributed by atoms with Gasteiger partial charge in [0.1, 0.15) is 0 Å². The summed E-state index contributed by atoms with van der Waals surface area (Å²) in [5.74, 6) is 0.994. The molecular weight excluding hydrogens is 345 g/mol. The second kappa shape index (κ2) is 7.03. The zero-order valence-corrected chi connectivity index (χ0v) is 14.5. The lowest BCUT2D eigenvalue weighted by molar-refractivity contribution is 0.859. The highest BCUT2D eigenvalue weighted by Gasteiger charge is 2.13. The number of nitrogen functional groups attached to an aromatic ring is 1. The number of hydrogen-bond acceptors (Lipinski definition) is 5. The van der Waals surface area contributed by atoms with Crippen LogP contribution < -0.4 is 10.6 Å². The van der Waals surface area contributed by atoms with Crippen LogP contribution in [-0.4, -0.2) is 22.0 Å². The first kappa shape index (κ1) is 16.5. The molecule has 0 aliphatic heterocycles. The van der Waals surface area contributed by atoms with Crippen molar-refractivity contribution < 1.29 is 0 Å². The normalized spacial score (nSPS) is 10.6. The van der Waals surface area contributed by atoms with E-state index in [1.165, 1.54) is 0 Å². The molecule has 1 aromatic heterocycles. The fourth-order valence-electron chi connectivity index (χ4n) is 2.27. The minimum absolute atomic E-state index is 0.131. The molecule has 0 spiro atoms. The van der Waals surface area contributed by atoms with Crippen LogP contribution in [0.2, 0.25) is 10.0 Å². The van der Waals surface area contributed by atoms with Crippen LogP contribution in [0.15, 0.2) is 48.5 Å². The Morgan fingerprint density at radius 2 is 1.75 bits per heavy atom. The molecule has 24 heavy (non-hydrogen) atoms. The second-order valence-electron chi connectivity index (χ2n) is 5.28. The van der Waals surface area contributed by atoms with Gasteiger partial charge in [-0.1, -0.05) is 53.5 Å². The van der Waals surface area contributed by atoms with Crippen LogP contribution in [0.25, 0.3) is 11.4 Å². The van der Waals surface area contributed by atoms with Gasteiger partial charge in [0, 0.05) is 24.2 Å². The minimum atomic E-state index is 0.131. The van der Waals surface area contributed by atoms with Gasteiger partial charge in [-0.25, -0.2) is 0 Å². The summed E-state index contributed by atoms with van der Waals surface area (Å²) < 4.78 is 0. The van der Waals surface area contributed by atoms with Crippen LogP contribution in [0.4, 0.5) is 11.9 Å². The van der Waals surface area contributed by atoms with E-state index in [1.54, 1.807) is 18.2 Å². The molecule has 0 atom stereocenters. The van der Waals surface area contributed by atoms with Crippen LogP contribution in [0.5, 0.6) is 0 Å². The lowest BCUT2D eigenvalue weighted by Crippen LogP contribution is -2.20. The molecule has 0 saturated carbocycles. The molecule has 0 radical (unpaired) electrons. The van der Waals surface area contributed by atoms with Gasteiger partial charge in [0.25, 0.3) is 0 Å². The summed E-state index contributed by atoms with van der Waals surface area (Å²) in [6, 6.07) is 15.1. The molecule has 1 heterocycles. The quantitative estimate of drug-likeness (QED) is 0.760. The Labute approximate surface area is 150 Å². The summed E-state index contributed by atoms with van der Waals surface area (Å²) in [5, 5.41) is 1.05. The van der Waals surface area contributed by atoms with Gasteiger partial charge < -0.3 is 10.6 Å². The standard InChI is InChI=1S/C17H15Cl2N5/c1-24(10-11-5-3-2-4-6-11)17-22-15(21-16(20)23-17)13-9-12(18)7-8-14(13)19/h2-9H,10H2,1H3,(H2,20,21,22,23). The molecule has 0 saturated heterocycles. The van der Waals surface area contributed by atoms with Crippen LogP contribution in [0.3, 0.4) is 0 Å². The molecule has 0 amide bonds. The van der Waals surface area contributed by atoms with E-state index >= 15 is 0 Å².